The lowest BCUT2D eigenvalue weighted by atomic mass is 10.1. The first kappa shape index (κ1) is 26.7. The fraction of sp³-hybridized carbons (Fsp3) is 0.267. The Bertz CT molecular complexity index is 1730. The Balaban J connectivity index is 1.62. The quantitative estimate of drug-likeness (QED) is 0.335. The van der Waals surface area contributed by atoms with E-state index in [4.69, 9.17) is 19.7 Å². The lowest BCUT2D eigenvalue weighted by molar-refractivity contribution is 0.143. The maximum Gasteiger partial charge on any atom is 0.146 e. The first-order chi connectivity index (χ1) is 18.9. The van der Waals surface area contributed by atoms with Crippen LogP contribution in [-0.4, -0.2) is 65.6 Å². The summed E-state index contributed by atoms with van der Waals surface area (Å²) in [6, 6.07) is 14.4. The van der Waals surface area contributed by atoms with E-state index in [2.05, 4.69) is 33.9 Å². The highest BCUT2D eigenvalue weighted by Gasteiger charge is 2.18. The molecule has 0 saturated carbocycles. The van der Waals surface area contributed by atoms with Crippen molar-refractivity contribution in [1.29, 1.82) is 0 Å². The average molecular weight is 537 g/mol. The molecule has 0 aliphatic carbocycles. The minimum atomic E-state index is -1.12. The molecule has 0 aliphatic heterocycles. The summed E-state index contributed by atoms with van der Waals surface area (Å²) in [6.07, 6.45) is 0. The predicted molar refractivity (Wildman–Crippen MR) is 151 cm³/mol. The van der Waals surface area contributed by atoms with Gasteiger partial charge in [0.25, 0.3) is 0 Å². The predicted octanol–water partition coefficient (Wildman–Crippen LogP) is 3.42. The van der Waals surface area contributed by atoms with Gasteiger partial charge in [-0.15, -0.1) is 30.0 Å². The number of hydrogen-bond acceptors (Lipinski definition) is 8. The maximum absolute atomic E-state index is 9.99. The number of aromatic nitrogens is 6. The van der Waals surface area contributed by atoms with Gasteiger partial charge in [0.05, 0.1) is 14.2 Å². The van der Waals surface area contributed by atoms with Gasteiger partial charge in [0.2, 0.25) is 0 Å². The fourth-order valence-electron chi connectivity index (χ4n) is 3.87. The van der Waals surface area contributed by atoms with E-state index in [1.807, 2.05) is 24.3 Å². The molecular weight excluding hydrogens is 508 g/mol. The van der Waals surface area contributed by atoms with Gasteiger partial charge in [-0.25, -0.2) is 0 Å². The van der Waals surface area contributed by atoms with E-state index in [0.717, 1.165) is 0 Å². The highest BCUT2D eigenvalue weighted by Crippen LogP contribution is 2.28. The molecule has 2 N–H and O–H groups in total. The Morgan fingerprint density at radius 3 is 1.38 bits per heavy atom. The molecule has 0 aliphatic rings. The van der Waals surface area contributed by atoms with Crippen LogP contribution in [0.2, 0.25) is 0 Å². The van der Waals surface area contributed by atoms with Gasteiger partial charge in [-0.1, -0.05) is 23.7 Å². The van der Waals surface area contributed by atoms with Gasteiger partial charge < -0.3 is 19.7 Å². The van der Waals surface area contributed by atoms with Crippen LogP contribution >= 0.6 is 0 Å². The summed E-state index contributed by atoms with van der Waals surface area (Å²) in [6.45, 7) is 6.50. The monoisotopic (exact) mass is 536 g/mol. The van der Waals surface area contributed by atoms with Gasteiger partial charge in [0.15, 0.2) is 0 Å². The van der Waals surface area contributed by atoms with Crippen LogP contribution in [0.15, 0.2) is 48.5 Å². The summed E-state index contributed by atoms with van der Waals surface area (Å²) < 4.78 is 11.1. The van der Waals surface area contributed by atoms with E-state index in [-0.39, 0.29) is 0 Å². The zero-order valence-corrected chi connectivity index (χ0v) is 23.0. The van der Waals surface area contributed by atoms with Crippen LogP contribution in [0.5, 0.6) is 11.5 Å². The number of hydrogen-bond donors (Lipinski definition) is 2. The number of methoxy groups -OCH3 is 2. The highest BCUT2D eigenvalue weighted by atomic mass is 16.5. The maximum atomic E-state index is 9.99. The second-order valence-corrected chi connectivity index (χ2v) is 10.2. The molecule has 0 unspecified atom stereocenters. The van der Waals surface area contributed by atoms with Crippen LogP contribution in [0, 0.1) is 23.7 Å². The first-order valence-electron chi connectivity index (χ1n) is 12.5. The van der Waals surface area contributed by atoms with E-state index >= 15 is 0 Å². The van der Waals surface area contributed by atoms with E-state index in [9.17, 15) is 10.2 Å². The van der Waals surface area contributed by atoms with Crippen LogP contribution < -0.4 is 9.47 Å². The summed E-state index contributed by atoms with van der Waals surface area (Å²) in [5.41, 5.74) is 2.61. The van der Waals surface area contributed by atoms with Crippen molar-refractivity contribution in [3.8, 4) is 46.6 Å². The van der Waals surface area contributed by atoms with E-state index in [1.54, 1.807) is 66.2 Å². The van der Waals surface area contributed by atoms with Crippen LogP contribution in [0.1, 0.15) is 38.8 Å². The molecule has 2 aromatic heterocycles. The van der Waals surface area contributed by atoms with Crippen LogP contribution in [0.25, 0.3) is 33.4 Å². The number of benzene rings is 3. The number of fused-ring (bicyclic) bond motifs is 3. The Kier molecular flexibility index (Phi) is 6.68. The van der Waals surface area contributed by atoms with Crippen molar-refractivity contribution < 1.29 is 19.7 Å². The average Bonchev–Trinajstić information content (AvgIpc) is 3.54. The molecule has 10 heteroatoms. The zero-order chi connectivity index (χ0) is 28.7. The van der Waals surface area contributed by atoms with Crippen LogP contribution in [0.3, 0.4) is 0 Å². The number of rotatable bonds is 4. The highest BCUT2D eigenvalue weighted by molar-refractivity contribution is 5.99. The van der Waals surface area contributed by atoms with Crippen LogP contribution in [0.4, 0.5) is 0 Å². The molecule has 10 nitrogen and oxygen atoms in total. The second-order valence-electron chi connectivity index (χ2n) is 10.2. The number of aliphatic hydroxyl groups is 2. The molecule has 2 heterocycles. The van der Waals surface area contributed by atoms with Crippen molar-refractivity contribution >= 4 is 22.1 Å². The summed E-state index contributed by atoms with van der Waals surface area (Å²) in [5.74, 6) is 12.7. The number of nitrogens with zero attached hydrogens (tertiary/aromatic N) is 6. The molecule has 5 rings (SSSR count). The van der Waals surface area contributed by atoms with E-state index in [1.165, 1.54) is 9.59 Å². The molecule has 40 heavy (non-hydrogen) atoms. The summed E-state index contributed by atoms with van der Waals surface area (Å²) in [7, 11) is 3.14. The lowest BCUT2D eigenvalue weighted by Gasteiger charge is -2.09. The van der Waals surface area contributed by atoms with Crippen molar-refractivity contribution in [3.05, 3.63) is 59.7 Å². The molecule has 0 spiro atoms. The second kappa shape index (κ2) is 10.0. The molecule has 0 amide bonds. The standard InChI is InChI=1S/C30H28N6O4/c1-29(2,37)15-13-19-7-11-25(39-5)23(17-19)35-31-21-9-10-22-28(27(21)33-35)34-36(32-22)24-18-20(8-12-26(24)40-6)14-16-30(3,4)38/h7-12,17-18,37-38H,1-6H3. The molecule has 3 aromatic carbocycles. The van der Waals surface area contributed by atoms with Gasteiger partial charge >= 0.3 is 0 Å². The topological polar surface area (TPSA) is 120 Å². The molecular formula is C30H28N6O4. The molecule has 0 radical (unpaired) electrons. The molecule has 0 saturated heterocycles. The SMILES string of the molecule is COc1ccc(C#CC(C)(C)O)cc1-n1nc2ccc3nn(-c4cc(C#CC(C)(C)O)ccc4OC)nc3c2n1. The lowest BCUT2D eigenvalue weighted by Crippen LogP contribution is -2.14. The third kappa shape index (κ3) is 5.59. The van der Waals surface area contributed by atoms with Gasteiger partial charge in [-0.3, -0.25) is 0 Å². The van der Waals surface area contributed by atoms with Crippen molar-refractivity contribution in [2.45, 2.75) is 38.9 Å². The Morgan fingerprint density at radius 1 is 0.625 bits per heavy atom. The third-order valence-electron chi connectivity index (χ3n) is 5.72. The first-order valence-corrected chi connectivity index (χ1v) is 12.5. The normalized spacial score (nSPS) is 11.6. The van der Waals surface area contributed by atoms with Crippen molar-refractivity contribution in [2.24, 2.45) is 0 Å². The molecule has 0 fully saturated rings. The van der Waals surface area contributed by atoms with Gasteiger partial charge in [-0.2, -0.15) is 0 Å². The van der Waals surface area contributed by atoms with Crippen molar-refractivity contribution in [1.82, 2.24) is 30.0 Å². The Hall–Kier alpha value is -4.90. The van der Waals surface area contributed by atoms with Gasteiger partial charge in [0, 0.05) is 11.1 Å². The molecule has 202 valence electrons. The summed E-state index contributed by atoms with van der Waals surface area (Å²) in [5, 5.41) is 38.7. The Morgan fingerprint density at radius 2 is 1.02 bits per heavy atom. The van der Waals surface area contributed by atoms with Gasteiger partial charge in [0.1, 0.15) is 56.1 Å². The van der Waals surface area contributed by atoms with Crippen LogP contribution in [-0.2, 0) is 0 Å². The third-order valence-corrected chi connectivity index (χ3v) is 5.72. The van der Waals surface area contributed by atoms with Crippen molar-refractivity contribution in [3.63, 3.8) is 0 Å². The smallest absolute Gasteiger partial charge is 0.146 e. The van der Waals surface area contributed by atoms with E-state index in [0.29, 0.717) is 56.1 Å². The molecule has 0 atom stereocenters. The minimum Gasteiger partial charge on any atom is -0.494 e. The van der Waals surface area contributed by atoms with E-state index < -0.39 is 11.2 Å². The van der Waals surface area contributed by atoms with Crippen molar-refractivity contribution in [2.75, 3.05) is 14.2 Å². The Labute approximate surface area is 231 Å². The molecule has 5 aromatic rings. The minimum absolute atomic E-state index is 0.552. The summed E-state index contributed by atoms with van der Waals surface area (Å²) in [4.78, 5) is 2.95. The number of ether oxygens (including phenoxy) is 2. The molecule has 0 bridgehead atoms. The summed E-state index contributed by atoms with van der Waals surface area (Å²) >= 11 is 0. The largest absolute Gasteiger partial charge is 0.494 e. The van der Waals surface area contributed by atoms with Gasteiger partial charge in [-0.05, 0) is 76.2 Å². The fourth-order valence-corrected chi connectivity index (χ4v) is 3.87. The zero-order valence-electron chi connectivity index (χ0n) is 23.0.